The minimum Gasteiger partial charge on any atom is -0.456 e. The van der Waals surface area contributed by atoms with E-state index in [-0.39, 0.29) is 10.9 Å². The minimum atomic E-state index is -0.405. The molecule has 0 aromatic carbocycles. The van der Waals surface area contributed by atoms with Gasteiger partial charge in [-0.1, -0.05) is 6.92 Å². The Morgan fingerprint density at radius 1 is 1.57 bits per heavy atom. The van der Waals surface area contributed by atoms with Gasteiger partial charge in [-0.05, 0) is 24.4 Å². The summed E-state index contributed by atoms with van der Waals surface area (Å²) >= 11 is 4.51. The number of aryl methyl sites for hydroxylation is 1. The fourth-order valence-electron chi connectivity index (χ4n) is 0.870. The molecule has 0 radical (unpaired) electrons. The molecule has 0 spiro atoms. The van der Waals surface area contributed by atoms with E-state index < -0.39 is 5.91 Å². The van der Waals surface area contributed by atoms with Crippen molar-refractivity contribution in [3.8, 4) is 0 Å². The second-order valence-corrected chi connectivity index (χ2v) is 3.00. The van der Waals surface area contributed by atoms with Crippen molar-refractivity contribution in [3.05, 3.63) is 23.7 Å². The van der Waals surface area contributed by atoms with Gasteiger partial charge >= 0.3 is 5.91 Å². The van der Waals surface area contributed by atoms with E-state index in [1.807, 2.05) is 6.92 Å². The van der Waals surface area contributed by atoms with Crippen LogP contribution in [0.1, 0.15) is 23.2 Å². The number of amides is 1. The van der Waals surface area contributed by atoms with E-state index in [9.17, 15) is 4.79 Å². The third-order valence-electron chi connectivity index (χ3n) is 1.53. The molecule has 1 amide bonds. The van der Waals surface area contributed by atoms with E-state index in [1.54, 1.807) is 12.1 Å². The second kappa shape index (κ2) is 4.61. The van der Waals surface area contributed by atoms with Crippen molar-refractivity contribution >= 4 is 23.2 Å². The predicted molar refractivity (Wildman–Crippen MR) is 55.5 cm³/mol. The number of thiocarbonyl (C=S) groups is 1. The summed E-state index contributed by atoms with van der Waals surface area (Å²) in [6.45, 7) is 1.94. The average Bonchev–Trinajstić information content (AvgIpc) is 2.62. The molecule has 0 aliphatic heterocycles. The molecule has 0 aliphatic carbocycles. The highest BCUT2D eigenvalue weighted by molar-refractivity contribution is 7.80. The van der Waals surface area contributed by atoms with Gasteiger partial charge in [0.2, 0.25) is 0 Å². The lowest BCUT2D eigenvalue weighted by Gasteiger charge is -2.03. The lowest BCUT2D eigenvalue weighted by atomic mass is 10.3. The number of nitrogens with two attached hydrogens (primary N) is 1. The molecule has 0 bridgehead atoms. The first-order valence-electron chi connectivity index (χ1n) is 4.08. The van der Waals surface area contributed by atoms with Crippen molar-refractivity contribution in [2.75, 3.05) is 0 Å². The maximum absolute atomic E-state index is 11.3. The van der Waals surface area contributed by atoms with Crippen LogP contribution < -0.4 is 16.6 Å². The number of hydrogen-bond acceptors (Lipinski definition) is 3. The van der Waals surface area contributed by atoms with Crippen LogP contribution in [0.5, 0.6) is 0 Å². The van der Waals surface area contributed by atoms with Gasteiger partial charge in [0, 0.05) is 6.42 Å². The zero-order valence-electron chi connectivity index (χ0n) is 7.66. The van der Waals surface area contributed by atoms with Gasteiger partial charge < -0.3 is 10.2 Å². The number of rotatable bonds is 2. The van der Waals surface area contributed by atoms with Crippen LogP contribution in [0.25, 0.3) is 0 Å². The van der Waals surface area contributed by atoms with Crippen molar-refractivity contribution in [2.45, 2.75) is 13.3 Å². The van der Waals surface area contributed by atoms with Crippen molar-refractivity contribution in [2.24, 2.45) is 5.73 Å². The summed E-state index contributed by atoms with van der Waals surface area (Å²) in [4.78, 5) is 11.3. The summed E-state index contributed by atoms with van der Waals surface area (Å²) in [5, 5.41) is 0.000575. The lowest BCUT2D eigenvalue weighted by Crippen LogP contribution is -2.44. The molecule has 14 heavy (non-hydrogen) atoms. The maximum atomic E-state index is 11.3. The molecule has 0 fully saturated rings. The van der Waals surface area contributed by atoms with Gasteiger partial charge in [0.1, 0.15) is 5.76 Å². The minimum absolute atomic E-state index is 0.000575. The number of hydrazine groups is 1. The van der Waals surface area contributed by atoms with Crippen molar-refractivity contribution in [3.63, 3.8) is 0 Å². The Balaban J connectivity index is 2.56. The van der Waals surface area contributed by atoms with Crippen LogP contribution in [0.2, 0.25) is 0 Å². The van der Waals surface area contributed by atoms with Crippen LogP contribution in [0.3, 0.4) is 0 Å². The highest BCUT2D eigenvalue weighted by atomic mass is 32.1. The normalized spacial score (nSPS) is 9.50. The Labute approximate surface area is 86.6 Å². The Kier molecular flexibility index (Phi) is 3.47. The molecule has 0 saturated carbocycles. The quantitative estimate of drug-likeness (QED) is 0.487. The Hall–Kier alpha value is -1.56. The molecule has 6 heteroatoms. The first kappa shape index (κ1) is 10.5. The van der Waals surface area contributed by atoms with Crippen molar-refractivity contribution < 1.29 is 9.21 Å². The van der Waals surface area contributed by atoms with Crippen LogP contribution in [-0.4, -0.2) is 11.0 Å². The van der Waals surface area contributed by atoms with Crippen LogP contribution in [0.4, 0.5) is 0 Å². The lowest BCUT2D eigenvalue weighted by molar-refractivity contribution is 0.0914. The Morgan fingerprint density at radius 3 is 2.79 bits per heavy atom. The first-order chi connectivity index (χ1) is 6.63. The summed E-state index contributed by atoms with van der Waals surface area (Å²) in [6.07, 6.45) is 0.746. The third-order valence-corrected chi connectivity index (χ3v) is 1.64. The van der Waals surface area contributed by atoms with Gasteiger partial charge in [-0.3, -0.25) is 15.6 Å². The Bertz CT molecular complexity index is 348. The number of nitrogens with one attached hydrogen (secondary N) is 2. The second-order valence-electron chi connectivity index (χ2n) is 2.56. The van der Waals surface area contributed by atoms with E-state index in [4.69, 9.17) is 10.2 Å². The van der Waals surface area contributed by atoms with Gasteiger partial charge in [0.05, 0.1) is 0 Å². The molecule has 1 heterocycles. The molecular weight excluding hydrogens is 202 g/mol. The predicted octanol–water partition coefficient (Wildman–Crippen LogP) is 0.320. The van der Waals surface area contributed by atoms with E-state index >= 15 is 0 Å². The molecule has 76 valence electrons. The number of furan rings is 1. The molecular formula is C8H11N3O2S. The SMILES string of the molecule is CCc1ccc(C(=O)NNC(N)=S)o1. The summed E-state index contributed by atoms with van der Waals surface area (Å²) in [5.74, 6) is 0.577. The molecule has 4 N–H and O–H groups in total. The van der Waals surface area contributed by atoms with Gasteiger partial charge in [-0.25, -0.2) is 0 Å². The van der Waals surface area contributed by atoms with Crippen molar-refractivity contribution in [1.29, 1.82) is 0 Å². The molecule has 1 aromatic heterocycles. The van der Waals surface area contributed by atoms with Crippen molar-refractivity contribution in [1.82, 2.24) is 10.9 Å². The standard InChI is InChI=1S/C8H11N3O2S/c1-2-5-3-4-6(13-5)7(12)10-11-8(9)14/h3-4H,2H2,1H3,(H,10,12)(H3,9,11,14). The van der Waals surface area contributed by atoms with Crippen LogP contribution in [-0.2, 0) is 6.42 Å². The van der Waals surface area contributed by atoms with E-state index in [0.29, 0.717) is 0 Å². The van der Waals surface area contributed by atoms with Crippen LogP contribution in [0.15, 0.2) is 16.5 Å². The highest BCUT2D eigenvalue weighted by Gasteiger charge is 2.09. The number of carbonyl (C=O) groups excluding carboxylic acids is 1. The summed E-state index contributed by atoms with van der Waals surface area (Å²) in [7, 11) is 0. The van der Waals surface area contributed by atoms with Crippen LogP contribution in [0, 0.1) is 0 Å². The largest absolute Gasteiger partial charge is 0.456 e. The maximum Gasteiger partial charge on any atom is 0.305 e. The average molecular weight is 213 g/mol. The molecule has 1 rings (SSSR count). The molecule has 0 saturated heterocycles. The molecule has 0 atom stereocenters. The molecule has 0 unspecified atom stereocenters. The number of hydrogen-bond donors (Lipinski definition) is 3. The molecule has 5 nitrogen and oxygen atoms in total. The van der Waals surface area contributed by atoms with Gasteiger partial charge in [-0.15, -0.1) is 0 Å². The zero-order chi connectivity index (χ0) is 10.6. The van der Waals surface area contributed by atoms with Gasteiger partial charge in [0.15, 0.2) is 10.9 Å². The smallest absolute Gasteiger partial charge is 0.305 e. The molecule has 0 aliphatic rings. The summed E-state index contributed by atoms with van der Waals surface area (Å²) < 4.78 is 5.19. The van der Waals surface area contributed by atoms with Gasteiger partial charge in [0.25, 0.3) is 0 Å². The van der Waals surface area contributed by atoms with E-state index in [0.717, 1.165) is 12.2 Å². The monoisotopic (exact) mass is 213 g/mol. The summed E-state index contributed by atoms with van der Waals surface area (Å²) in [5.41, 5.74) is 9.73. The first-order valence-corrected chi connectivity index (χ1v) is 4.48. The summed E-state index contributed by atoms with van der Waals surface area (Å²) in [6, 6.07) is 3.34. The van der Waals surface area contributed by atoms with Gasteiger partial charge in [-0.2, -0.15) is 0 Å². The van der Waals surface area contributed by atoms with E-state index in [2.05, 4.69) is 23.1 Å². The fourth-order valence-corrected chi connectivity index (χ4v) is 0.921. The fraction of sp³-hybridized carbons (Fsp3) is 0.250. The zero-order valence-corrected chi connectivity index (χ0v) is 8.48. The van der Waals surface area contributed by atoms with E-state index in [1.165, 1.54) is 0 Å². The topological polar surface area (TPSA) is 80.3 Å². The number of carbonyl (C=O) groups is 1. The third kappa shape index (κ3) is 2.74. The molecule has 1 aromatic rings. The highest BCUT2D eigenvalue weighted by Crippen LogP contribution is 2.07. The Morgan fingerprint density at radius 2 is 2.29 bits per heavy atom. The van der Waals surface area contributed by atoms with Crippen LogP contribution >= 0.6 is 12.2 Å².